The van der Waals surface area contributed by atoms with E-state index < -0.39 is 6.10 Å². The second-order valence-electron chi connectivity index (χ2n) is 6.18. The number of ether oxygens (including phenoxy) is 2. The van der Waals surface area contributed by atoms with Crippen LogP contribution in [0.3, 0.4) is 0 Å². The molecule has 0 aliphatic carbocycles. The van der Waals surface area contributed by atoms with Gasteiger partial charge in [-0.05, 0) is 12.8 Å². The average Bonchev–Trinajstić information content (AvgIpc) is 2.95. The van der Waals surface area contributed by atoms with Gasteiger partial charge in [0.15, 0.2) is 5.82 Å². The lowest BCUT2D eigenvalue weighted by molar-refractivity contribution is -0.0577. The summed E-state index contributed by atoms with van der Waals surface area (Å²) in [6, 6.07) is 0. The predicted octanol–water partition coefficient (Wildman–Crippen LogP) is 0.705. The summed E-state index contributed by atoms with van der Waals surface area (Å²) in [6.07, 6.45) is 1.17. The van der Waals surface area contributed by atoms with Crippen LogP contribution in [-0.2, 0) is 16.0 Å². The molecule has 1 aromatic heterocycles. The Morgan fingerprint density at radius 1 is 1.45 bits per heavy atom. The number of rotatable bonds is 8. The molecule has 1 fully saturated rings. The molecule has 1 aromatic rings. The Morgan fingerprint density at radius 2 is 2.27 bits per heavy atom. The van der Waals surface area contributed by atoms with Crippen LogP contribution in [0.4, 0.5) is 0 Å². The minimum Gasteiger partial charge on any atom is -0.389 e. The molecule has 0 spiro atoms. The van der Waals surface area contributed by atoms with Gasteiger partial charge in [-0.3, -0.25) is 4.90 Å². The van der Waals surface area contributed by atoms with Crippen LogP contribution in [0.2, 0.25) is 0 Å². The van der Waals surface area contributed by atoms with Crippen LogP contribution in [0.15, 0.2) is 6.33 Å². The van der Waals surface area contributed by atoms with Crippen molar-refractivity contribution in [3.63, 3.8) is 0 Å². The number of aryl methyl sites for hydroxylation is 1. The maximum absolute atomic E-state index is 10.1. The van der Waals surface area contributed by atoms with Gasteiger partial charge in [0, 0.05) is 32.8 Å². The maximum Gasteiger partial charge on any atom is 0.163 e. The summed E-state index contributed by atoms with van der Waals surface area (Å²) in [4.78, 5) is 2.20. The summed E-state index contributed by atoms with van der Waals surface area (Å²) < 4.78 is 13.3. The van der Waals surface area contributed by atoms with Gasteiger partial charge in [-0.25, -0.2) is 0 Å². The van der Waals surface area contributed by atoms with E-state index in [-0.39, 0.29) is 6.10 Å². The highest BCUT2D eigenvalue weighted by atomic mass is 16.5. The van der Waals surface area contributed by atoms with Crippen molar-refractivity contribution < 1.29 is 14.6 Å². The van der Waals surface area contributed by atoms with Crippen LogP contribution in [0.1, 0.15) is 32.7 Å². The van der Waals surface area contributed by atoms with E-state index >= 15 is 0 Å². The third-order valence-electron chi connectivity index (χ3n) is 3.66. The van der Waals surface area contributed by atoms with E-state index in [2.05, 4.69) is 35.9 Å². The summed E-state index contributed by atoms with van der Waals surface area (Å²) >= 11 is 0. The van der Waals surface area contributed by atoms with Gasteiger partial charge in [0.05, 0.1) is 19.3 Å². The van der Waals surface area contributed by atoms with Crippen molar-refractivity contribution in [3.05, 3.63) is 12.2 Å². The summed E-state index contributed by atoms with van der Waals surface area (Å²) in [5.41, 5.74) is 0. The minimum absolute atomic E-state index is 0.0833. The Hall–Kier alpha value is -1.02. The number of morpholine rings is 1. The lowest BCUT2D eigenvalue weighted by Crippen LogP contribution is -2.44. The van der Waals surface area contributed by atoms with Crippen molar-refractivity contribution >= 4 is 0 Å². The van der Waals surface area contributed by atoms with Crippen LogP contribution in [0.25, 0.3) is 0 Å². The molecule has 1 saturated heterocycles. The number of aliphatic hydroxyl groups excluding tert-OH is 1. The van der Waals surface area contributed by atoms with Crippen molar-refractivity contribution in [2.24, 2.45) is 5.92 Å². The fourth-order valence-electron chi connectivity index (χ4n) is 2.57. The van der Waals surface area contributed by atoms with Crippen LogP contribution in [0, 0.1) is 5.92 Å². The quantitative estimate of drug-likeness (QED) is 0.762. The van der Waals surface area contributed by atoms with Crippen LogP contribution in [-0.4, -0.2) is 70.3 Å². The van der Waals surface area contributed by atoms with Gasteiger partial charge >= 0.3 is 0 Å². The zero-order valence-electron chi connectivity index (χ0n) is 13.8. The fourth-order valence-corrected chi connectivity index (χ4v) is 2.57. The van der Waals surface area contributed by atoms with E-state index in [0.717, 1.165) is 25.5 Å². The Labute approximate surface area is 132 Å². The number of nitrogens with zero attached hydrogens (tertiary/aromatic N) is 4. The maximum atomic E-state index is 10.1. The zero-order chi connectivity index (χ0) is 15.9. The minimum atomic E-state index is -0.471. The molecule has 126 valence electrons. The summed E-state index contributed by atoms with van der Waals surface area (Å²) in [6.45, 7) is 10.9. The summed E-state index contributed by atoms with van der Waals surface area (Å²) in [5, 5.41) is 18.2. The lowest BCUT2D eigenvalue weighted by Gasteiger charge is -2.33. The normalized spacial score (nSPS) is 21.4. The molecule has 0 aromatic carbocycles. The molecule has 1 aliphatic heterocycles. The van der Waals surface area contributed by atoms with Gasteiger partial charge in [-0.2, -0.15) is 0 Å². The molecule has 1 N–H and O–H groups in total. The first kappa shape index (κ1) is 17.3. The monoisotopic (exact) mass is 312 g/mol. The van der Waals surface area contributed by atoms with E-state index in [0.29, 0.717) is 32.3 Å². The van der Waals surface area contributed by atoms with Crippen molar-refractivity contribution in [2.45, 2.75) is 39.5 Å². The molecule has 7 nitrogen and oxygen atoms in total. The molecular formula is C15H28N4O3. The first-order chi connectivity index (χ1) is 10.6. The molecule has 1 aliphatic rings. The highest BCUT2D eigenvalue weighted by Crippen LogP contribution is 2.20. The predicted molar refractivity (Wildman–Crippen MR) is 82.5 cm³/mol. The Kier molecular flexibility index (Phi) is 6.75. The molecule has 0 bridgehead atoms. The molecule has 0 amide bonds. The number of aliphatic hydroxyl groups is 1. The SMILES string of the molecule is CCn1cnnc1[C@@H]1CN(C[C@H](O)COCC(C)C)CCO1. The van der Waals surface area contributed by atoms with Gasteiger partial charge in [0.2, 0.25) is 0 Å². The van der Waals surface area contributed by atoms with Crippen LogP contribution < -0.4 is 0 Å². The third kappa shape index (κ3) is 5.01. The zero-order valence-corrected chi connectivity index (χ0v) is 13.8. The summed E-state index contributed by atoms with van der Waals surface area (Å²) in [7, 11) is 0. The Balaban J connectivity index is 1.80. The highest BCUT2D eigenvalue weighted by Gasteiger charge is 2.26. The lowest BCUT2D eigenvalue weighted by atomic mass is 10.2. The molecular weight excluding hydrogens is 284 g/mol. The van der Waals surface area contributed by atoms with Crippen molar-refractivity contribution in [2.75, 3.05) is 39.5 Å². The number of β-amino-alcohol motifs (C(OH)–C–C–N with tert-alkyl or cyclic N) is 1. The summed E-state index contributed by atoms with van der Waals surface area (Å²) in [5.74, 6) is 1.35. The van der Waals surface area contributed by atoms with E-state index in [1.807, 2.05) is 4.57 Å². The van der Waals surface area contributed by atoms with Crippen LogP contribution in [0.5, 0.6) is 0 Å². The van der Waals surface area contributed by atoms with E-state index in [1.165, 1.54) is 0 Å². The Morgan fingerprint density at radius 3 is 3.00 bits per heavy atom. The molecule has 2 rings (SSSR count). The van der Waals surface area contributed by atoms with Crippen molar-refractivity contribution in [3.8, 4) is 0 Å². The van der Waals surface area contributed by atoms with Gasteiger partial charge in [0.1, 0.15) is 12.4 Å². The Bertz CT molecular complexity index is 438. The number of hydrogen-bond acceptors (Lipinski definition) is 6. The fraction of sp³-hybridized carbons (Fsp3) is 0.867. The van der Waals surface area contributed by atoms with Crippen molar-refractivity contribution in [1.29, 1.82) is 0 Å². The largest absolute Gasteiger partial charge is 0.389 e. The molecule has 2 heterocycles. The van der Waals surface area contributed by atoms with E-state index in [1.54, 1.807) is 6.33 Å². The van der Waals surface area contributed by atoms with Gasteiger partial charge in [0.25, 0.3) is 0 Å². The molecule has 0 radical (unpaired) electrons. The number of aromatic nitrogens is 3. The van der Waals surface area contributed by atoms with Gasteiger partial charge < -0.3 is 19.1 Å². The third-order valence-corrected chi connectivity index (χ3v) is 3.66. The average molecular weight is 312 g/mol. The second kappa shape index (κ2) is 8.57. The molecule has 7 heteroatoms. The topological polar surface area (TPSA) is 72.6 Å². The van der Waals surface area contributed by atoms with Gasteiger partial charge in [-0.15, -0.1) is 10.2 Å². The molecule has 22 heavy (non-hydrogen) atoms. The molecule has 2 atom stereocenters. The highest BCUT2D eigenvalue weighted by molar-refractivity contribution is 4.95. The first-order valence-electron chi connectivity index (χ1n) is 8.07. The number of hydrogen-bond donors (Lipinski definition) is 1. The second-order valence-corrected chi connectivity index (χ2v) is 6.18. The van der Waals surface area contributed by atoms with E-state index in [4.69, 9.17) is 9.47 Å². The van der Waals surface area contributed by atoms with E-state index in [9.17, 15) is 5.11 Å². The standard InChI is InChI=1S/C15H28N4O3/c1-4-19-11-16-17-15(19)14-8-18(5-6-22-14)7-13(20)10-21-9-12(2)3/h11-14,20H,4-10H2,1-3H3/t13-,14-/m0/s1. The smallest absolute Gasteiger partial charge is 0.163 e. The van der Waals surface area contributed by atoms with Crippen LogP contribution >= 0.6 is 0 Å². The molecule has 0 saturated carbocycles. The molecule has 0 unspecified atom stereocenters. The first-order valence-corrected chi connectivity index (χ1v) is 8.07. The van der Waals surface area contributed by atoms with Gasteiger partial charge in [-0.1, -0.05) is 13.8 Å². The van der Waals surface area contributed by atoms with Crippen molar-refractivity contribution in [1.82, 2.24) is 19.7 Å².